The lowest BCUT2D eigenvalue weighted by molar-refractivity contribution is 0.112. The molecule has 1 fully saturated rings. The van der Waals surface area contributed by atoms with E-state index in [4.69, 9.17) is 4.74 Å². The third-order valence-corrected chi connectivity index (χ3v) is 6.81. The van der Waals surface area contributed by atoms with E-state index in [1.165, 1.54) is 30.0 Å². The second-order valence-electron chi connectivity index (χ2n) is 8.20. The van der Waals surface area contributed by atoms with E-state index >= 15 is 0 Å². The van der Waals surface area contributed by atoms with Crippen molar-refractivity contribution in [2.24, 2.45) is 0 Å². The van der Waals surface area contributed by atoms with Crippen molar-refractivity contribution < 1.29 is 9.53 Å². The van der Waals surface area contributed by atoms with Crippen LogP contribution in [0.1, 0.15) is 26.6 Å². The molecule has 0 aliphatic carbocycles. The van der Waals surface area contributed by atoms with Crippen molar-refractivity contribution in [2.45, 2.75) is 12.8 Å². The maximum Gasteiger partial charge on any atom is 0.177 e. The van der Waals surface area contributed by atoms with E-state index in [0.717, 1.165) is 60.1 Å². The van der Waals surface area contributed by atoms with Crippen LogP contribution in [-0.2, 0) is 12.8 Å². The number of fused-ring (bicyclic) bond motifs is 2. The Bertz CT molecular complexity index is 1260. The van der Waals surface area contributed by atoms with E-state index < -0.39 is 0 Å². The Hall–Kier alpha value is -3.14. The Morgan fingerprint density at radius 1 is 1.12 bits per heavy atom. The summed E-state index contributed by atoms with van der Waals surface area (Å²) in [5, 5.41) is 16.5. The van der Waals surface area contributed by atoms with E-state index in [2.05, 4.69) is 44.7 Å². The van der Waals surface area contributed by atoms with Gasteiger partial charge < -0.3 is 15.0 Å². The number of carbonyl (C=O) groups is 1. The number of thiophene rings is 1. The van der Waals surface area contributed by atoms with E-state index in [9.17, 15) is 4.79 Å². The number of nitrogens with zero attached hydrogens (tertiary/aromatic N) is 5. The highest BCUT2D eigenvalue weighted by Crippen LogP contribution is 2.28. The fourth-order valence-corrected chi connectivity index (χ4v) is 4.73. The van der Waals surface area contributed by atoms with Crippen molar-refractivity contribution in [1.82, 2.24) is 30.0 Å². The number of hydrogen-bond donors (Lipinski definition) is 1. The van der Waals surface area contributed by atoms with Gasteiger partial charge in [-0.2, -0.15) is 9.61 Å². The van der Waals surface area contributed by atoms with Crippen molar-refractivity contribution in [3.05, 3.63) is 64.3 Å². The van der Waals surface area contributed by atoms with Crippen LogP contribution in [0.3, 0.4) is 0 Å². The minimum absolute atomic E-state index is 0.648. The number of aromatic nitrogens is 4. The Morgan fingerprint density at radius 3 is 2.76 bits per heavy atom. The molecular formula is C24H26N6O2S. The maximum absolute atomic E-state index is 10.9. The van der Waals surface area contributed by atoms with E-state index in [1.807, 2.05) is 24.3 Å². The van der Waals surface area contributed by atoms with Crippen molar-refractivity contribution in [1.29, 1.82) is 0 Å². The highest BCUT2D eigenvalue weighted by atomic mass is 32.1. The summed E-state index contributed by atoms with van der Waals surface area (Å²) in [6.45, 7) is 5.49. The Balaban J connectivity index is 0.000000281. The van der Waals surface area contributed by atoms with Gasteiger partial charge in [0, 0.05) is 39.0 Å². The smallest absolute Gasteiger partial charge is 0.177 e. The standard InChI is InChI=1S/C19H14N4O2S.C5H12N2/c24-11-14-2-5-17(26-14)15-3-6-18-20-21-19(23(18)22-15)10-12-1-4-16-13(9-12)7-8-25-16;1-7-4-2-6-3-5-7/h1-6,9,11H,7-8,10H2;6H,2-5H2,1H3. The molecule has 170 valence electrons. The SMILES string of the molecule is CN1CCNCC1.O=Cc1ccc(-c2ccc3nnc(Cc4ccc5c(c4)CCO5)n3n2)s1. The summed E-state index contributed by atoms with van der Waals surface area (Å²) in [5.74, 6) is 1.76. The van der Waals surface area contributed by atoms with Crippen LogP contribution >= 0.6 is 11.3 Å². The largest absolute Gasteiger partial charge is 0.493 e. The molecule has 0 atom stereocenters. The number of rotatable bonds is 4. The molecule has 5 heterocycles. The fourth-order valence-electron chi connectivity index (χ4n) is 3.94. The number of hydrogen-bond acceptors (Lipinski definition) is 8. The van der Waals surface area contributed by atoms with Gasteiger partial charge in [0.1, 0.15) is 11.4 Å². The normalized spacial score (nSPS) is 15.5. The van der Waals surface area contributed by atoms with Crippen LogP contribution in [0.2, 0.25) is 0 Å². The van der Waals surface area contributed by atoms with Gasteiger partial charge in [-0.05, 0) is 48.5 Å². The molecule has 0 amide bonds. The molecule has 0 spiro atoms. The van der Waals surface area contributed by atoms with Crippen molar-refractivity contribution in [3.8, 4) is 16.3 Å². The summed E-state index contributed by atoms with van der Waals surface area (Å²) >= 11 is 1.42. The van der Waals surface area contributed by atoms with E-state index in [-0.39, 0.29) is 0 Å². The third-order valence-electron chi connectivity index (χ3n) is 5.78. The van der Waals surface area contributed by atoms with Crippen LogP contribution in [0.4, 0.5) is 0 Å². The van der Waals surface area contributed by atoms with Crippen LogP contribution < -0.4 is 10.1 Å². The zero-order valence-corrected chi connectivity index (χ0v) is 19.3. The molecule has 6 rings (SSSR count). The minimum atomic E-state index is 0.648. The quantitative estimate of drug-likeness (QED) is 0.467. The zero-order valence-electron chi connectivity index (χ0n) is 18.5. The first-order chi connectivity index (χ1) is 16.2. The first-order valence-corrected chi connectivity index (χ1v) is 11.9. The van der Waals surface area contributed by atoms with Crippen molar-refractivity contribution in [3.63, 3.8) is 0 Å². The summed E-state index contributed by atoms with van der Waals surface area (Å²) < 4.78 is 7.34. The van der Waals surface area contributed by atoms with E-state index in [0.29, 0.717) is 16.9 Å². The second-order valence-corrected chi connectivity index (χ2v) is 9.31. The summed E-state index contributed by atoms with van der Waals surface area (Å²) in [6, 6.07) is 13.8. The molecule has 1 aromatic carbocycles. The lowest BCUT2D eigenvalue weighted by atomic mass is 10.1. The van der Waals surface area contributed by atoms with Crippen molar-refractivity contribution >= 4 is 23.3 Å². The van der Waals surface area contributed by atoms with Gasteiger partial charge in [0.05, 0.1) is 16.4 Å². The van der Waals surface area contributed by atoms with E-state index in [1.54, 1.807) is 10.6 Å². The average molecular weight is 463 g/mol. The second kappa shape index (κ2) is 9.78. The minimum Gasteiger partial charge on any atom is -0.493 e. The van der Waals surface area contributed by atoms with Crippen LogP contribution in [-0.4, -0.2) is 70.8 Å². The number of nitrogens with one attached hydrogen (secondary N) is 1. The van der Waals surface area contributed by atoms with Crippen LogP contribution in [0.5, 0.6) is 5.75 Å². The molecule has 33 heavy (non-hydrogen) atoms. The summed E-state index contributed by atoms with van der Waals surface area (Å²) in [5.41, 5.74) is 3.92. The molecular weight excluding hydrogens is 436 g/mol. The Kier molecular flexibility index (Phi) is 6.43. The number of benzene rings is 1. The van der Waals surface area contributed by atoms with Crippen molar-refractivity contribution in [2.75, 3.05) is 39.8 Å². The molecule has 0 radical (unpaired) electrons. The molecule has 2 aliphatic rings. The lowest BCUT2D eigenvalue weighted by Crippen LogP contribution is -2.40. The fraction of sp³-hybridized carbons (Fsp3) is 0.333. The Labute approximate surface area is 196 Å². The number of ether oxygens (including phenoxy) is 1. The van der Waals surface area contributed by atoms with Gasteiger partial charge in [-0.1, -0.05) is 12.1 Å². The number of aldehydes is 1. The van der Waals surface area contributed by atoms with Crippen LogP contribution in [0.25, 0.3) is 16.2 Å². The van der Waals surface area contributed by atoms with Crippen LogP contribution in [0.15, 0.2) is 42.5 Å². The van der Waals surface area contributed by atoms with Gasteiger partial charge in [0.2, 0.25) is 0 Å². The third kappa shape index (κ3) is 4.95. The molecule has 2 aliphatic heterocycles. The first kappa shape index (κ1) is 21.7. The molecule has 1 N–H and O–H groups in total. The van der Waals surface area contributed by atoms with Gasteiger partial charge in [-0.3, -0.25) is 4.79 Å². The highest BCUT2D eigenvalue weighted by molar-refractivity contribution is 7.17. The van der Waals surface area contributed by atoms with Gasteiger partial charge >= 0.3 is 0 Å². The topological polar surface area (TPSA) is 84.7 Å². The molecule has 0 unspecified atom stereocenters. The van der Waals surface area contributed by atoms with Gasteiger partial charge in [0.15, 0.2) is 17.8 Å². The molecule has 0 bridgehead atoms. The molecule has 9 heteroatoms. The van der Waals surface area contributed by atoms with Gasteiger partial charge in [0.25, 0.3) is 0 Å². The summed E-state index contributed by atoms with van der Waals surface area (Å²) in [4.78, 5) is 14.9. The first-order valence-electron chi connectivity index (χ1n) is 11.1. The summed E-state index contributed by atoms with van der Waals surface area (Å²) in [6.07, 6.45) is 2.45. The predicted octanol–water partition coefficient (Wildman–Crippen LogP) is 2.71. The molecule has 0 saturated carbocycles. The molecule has 1 saturated heterocycles. The average Bonchev–Trinajstić information content (AvgIpc) is 3.59. The Morgan fingerprint density at radius 2 is 2.00 bits per heavy atom. The molecule has 8 nitrogen and oxygen atoms in total. The van der Waals surface area contributed by atoms with Gasteiger partial charge in [-0.15, -0.1) is 21.5 Å². The predicted molar refractivity (Wildman–Crippen MR) is 128 cm³/mol. The monoisotopic (exact) mass is 462 g/mol. The highest BCUT2D eigenvalue weighted by Gasteiger charge is 2.15. The number of likely N-dealkylation sites (N-methyl/N-ethyl adjacent to an activating group) is 1. The molecule has 3 aromatic heterocycles. The summed E-state index contributed by atoms with van der Waals surface area (Å²) in [7, 11) is 2.15. The molecule has 4 aromatic rings. The van der Waals surface area contributed by atoms with Crippen LogP contribution in [0, 0.1) is 0 Å². The maximum atomic E-state index is 10.9. The zero-order chi connectivity index (χ0) is 22.6. The van der Waals surface area contributed by atoms with Gasteiger partial charge in [-0.25, -0.2) is 0 Å². The lowest BCUT2D eigenvalue weighted by Gasteiger charge is -2.21. The number of carbonyl (C=O) groups excluding carboxylic acids is 1. The number of piperazine rings is 1.